The number of carboxylic acids is 1. The summed E-state index contributed by atoms with van der Waals surface area (Å²) >= 11 is 0. The van der Waals surface area contributed by atoms with E-state index in [1.165, 1.54) is 0 Å². The van der Waals surface area contributed by atoms with Crippen LogP contribution in [0.2, 0.25) is 0 Å². The number of aliphatic carboxylic acids is 1. The summed E-state index contributed by atoms with van der Waals surface area (Å²) in [6, 6.07) is 8.24. The summed E-state index contributed by atoms with van der Waals surface area (Å²) in [5, 5.41) is 22.5. The van der Waals surface area contributed by atoms with Crippen LogP contribution >= 0.6 is 0 Å². The average Bonchev–Trinajstić information content (AvgIpc) is 2.51. The second-order valence-electron chi connectivity index (χ2n) is 4.70. The zero-order valence-corrected chi connectivity index (χ0v) is 15.2. The van der Waals surface area contributed by atoms with Crippen molar-refractivity contribution < 1.29 is 58.9 Å². The number of nitrogens with one attached hydrogen (secondary N) is 1. The van der Waals surface area contributed by atoms with E-state index < -0.39 is 36.4 Å². The fraction of sp³-hybridized carbons (Fsp3) is 0.400. The normalized spacial score (nSPS) is 12.4. The van der Waals surface area contributed by atoms with Gasteiger partial charge in [0.15, 0.2) is 5.78 Å². The fourth-order valence-corrected chi connectivity index (χ4v) is 1.80. The van der Waals surface area contributed by atoms with Crippen LogP contribution in [0.5, 0.6) is 0 Å². The number of carbonyl (C=O) groups excluding carboxylic acids is 3. The van der Waals surface area contributed by atoms with Crippen molar-refractivity contribution in [3.8, 4) is 0 Å². The van der Waals surface area contributed by atoms with E-state index in [4.69, 9.17) is 4.74 Å². The number of ether oxygens (including phenoxy) is 1. The maximum atomic E-state index is 11.7. The third kappa shape index (κ3) is 8.13. The summed E-state index contributed by atoms with van der Waals surface area (Å²) in [7, 11) is 0. The molecule has 0 aliphatic heterocycles. The van der Waals surface area contributed by atoms with Gasteiger partial charge in [-0.05, 0) is 12.0 Å². The molecule has 0 spiro atoms. The van der Waals surface area contributed by atoms with Crippen LogP contribution in [0.15, 0.2) is 30.3 Å². The smallest absolute Gasteiger partial charge is 0.542 e. The van der Waals surface area contributed by atoms with E-state index in [9.17, 15) is 24.6 Å². The van der Waals surface area contributed by atoms with E-state index in [0.717, 1.165) is 5.56 Å². The topological polar surface area (TPSA) is 116 Å². The SMILES string of the molecule is CC[C@@H](NC(=O)OCc1ccccc1)[C@@H](O)CC(=O)C(=O)[O-].[Na+]. The molecule has 1 aromatic carbocycles. The Morgan fingerprint density at radius 3 is 2.39 bits per heavy atom. The van der Waals surface area contributed by atoms with Crippen molar-refractivity contribution in [1.82, 2.24) is 5.32 Å². The number of aliphatic hydroxyl groups is 1. The molecule has 1 amide bonds. The molecule has 0 aliphatic carbocycles. The maximum Gasteiger partial charge on any atom is 1.00 e. The molecule has 0 aromatic heterocycles. The molecule has 7 nitrogen and oxygen atoms in total. The number of carboxylic acid groups (broad SMARTS) is 1. The number of ketones is 1. The van der Waals surface area contributed by atoms with Crippen LogP contribution in [0.25, 0.3) is 0 Å². The largest absolute Gasteiger partial charge is 1.00 e. The van der Waals surface area contributed by atoms with E-state index in [2.05, 4.69) is 5.32 Å². The summed E-state index contributed by atoms with van der Waals surface area (Å²) in [4.78, 5) is 33.0. The molecule has 1 aromatic rings. The van der Waals surface area contributed by atoms with Crippen molar-refractivity contribution in [2.75, 3.05) is 0 Å². The van der Waals surface area contributed by atoms with Crippen LogP contribution in [0, 0.1) is 0 Å². The zero-order chi connectivity index (χ0) is 16.5. The minimum atomic E-state index is -1.86. The minimum absolute atomic E-state index is 0. The van der Waals surface area contributed by atoms with Gasteiger partial charge < -0.3 is 25.1 Å². The second-order valence-corrected chi connectivity index (χ2v) is 4.70. The molecule has 120 valence electrons. The van der Waals surface area contributed by atoms with Gasteiger partial charge >= 0.3 is 35.7 Å². The van der Waals surface area contributed by atoms with Crippen molar-refractivity contribution in [3.05, 3.63) is 35.9 Å². The predicted molar refractivity (Wildman–Crippen MR) is 74.5 cm³/mol. The van der Waals surface area contributed by atoms with Crippen LogP contribution in [-0.4, -0.2) is 35.1 Å². The number of rotatable bonds is 8. The first kappa shape index (κ1) is 21.6. The van der Waals surface area contributed by atoms with Gasteiger partial charge in [0.1, 0.15) is 12.6 Å². The first-order valence-electron chi connectivity index (χ1n) is 6.83. The summed E-state index contributed by atoms with van der Waals surface area (Å²) < 4.78 is 4.99. The molecule has 23 heavy (non-hydrogen) atoms. The van der Waals surface area contributed by atoms with Crippen molar-refractivity contribution in [1.29, 1.82) is 0 Å². The molecule has 0 radical (unpaired) electrons. The van der Waals surface area contributed by atoms with Gasteiger partial charge in [0.25, 0.3) is 0 Å². The predicted octanol–water partition coefficient (Wildman–Crippen LogP) is -3.23. The number of carbonyl (C=O) groups is 3. The van der Waals surface area contributed by atoms with Crippen molar-refractivity contribution in [2.24, 2.45) is 0 Å². The van der Waals surface area contributed by atoms with Crippen LogP contribution in [0.3, 0.4) is 0 Å². The van der Waals surface area contributed by atoms with Gasteiger partial charge in [-0.3, -0.25) is 4.79 Å². The molecule has 0 saturated carbocycles. The molecule has 1 rings (SSSR count). The number of hydrogen-bond acceptors (Lipinski definition) is 6. The molecule has 0 fully saturated rings. The molecule has 2 atom stereocenters. The second kappa shape index (κ2) is 11.2. The van der Waals surface area contributed by atoms with Crippen molar-refractivity contribution >= 4 is 17.8 Å². The summed E-state index contributed by atoms with van der Waals surface area (Å²) in [5.41, 5.74) is 0.804. The standard InChI is InChI=1S/C15H19NO6.Na/c1-2-11(12(17)8-13(18)14(19)20)16-15(21)22-9-10-6-4-3-5-7-10;/h3-7,11-12,17H,2,8-9H2,1H3,(H,16,21)(H,19,20);/q;+1/p-1/t11-,12+;/m1./s1. The van der Waals surface area contributed by atoms with Gasteiger partial charge in [-0.1, -0.05) is 37.3 Å². The molecular formula is C15H18NNaO6. The monoisotopic (exact) mass is 331 g/mol. The summed E-state index contributed by atoms with van der Waals surface area (Å²) in [5.74, 6) is -3.08. The van der Waals surface area contributed by atoms with E-state index in [-0.39, 0.29) is 36.2 Å². The number of aliphatic hydroxyl groups excluding tert-OH is 1. The third-order valence-electron chi connectivity index (χ3n) is 3.04. The maximum absolute atomic E-state index is 11.7. The van der Waals surface area contributed by atoms with Crippen molar-refractivity contribution in [2.45, 2.75) is 38.5 Å². The molecular weight excluding hydrogens is 313 g/mol. The van der Waals surface area contributed by atoms with Crippen LogP contribution in [0.1, 0.15) is 25.3 Å². The molecule has 0 bridgehead atoms. The Labute approximate surface area is 156 Å². The molecule has 8 heteroatoms. The first-order valence-corrected chi connectivity index (χ1v) is 6.83. The fourth-order valence-electron chi connectivity index (χ4n) is 1.80. The van der Waals surface area contributed by atoms with Crippen molar-refractivity contribution in [3.63, 3.8) is 0 Å². The van der Waals surface area contributed by atoms with Gasteiger partial charge in [0.2, 0.25) is 0 Å². The number of hydrogen-bond donors (Lipinski definition) is 2. The Bertz CT molecular complexity index is 522. The molecule has 0 unspecified atom stereocenters. The molecule has 2 N–H and O–H groups in total. The van der Waals surface area contributed by atoms with Crippen LogP contribution in [0.4, 0.5) is 4.79 Å². The summed E-state index contributed by atoms with van der Waals surface area (Å²) in [6.07, 6.45) is -2.39. The number of Topliss-reactive ketones (excluding diaryl/α,β-unsaturated/α-hetero) is 1. The Hall–Kier alpha value is -1.41. The van der Waals surface area contributed by atoms with Crippen LogP contribution < -0.4 is 40.0 Å². The van der Waals surface area contributed by atoms with E-state index in [1.807, 2.05) is 6.07 Å². The Balaban J connectivity index is 0.00000484. The van der Waals surface area contributed by atoms with Gasteiger partial charge in [0.05, 0.1) is 12.1 Å². The van der Waals surface area contributed by atoms with Gasteiger partial charge in [-0.25, -0.2) is 4.79 Å². The Morgan fingerprint density at radius 1 is 1.26 bits per heavy atom. The van der Waals surface area contributed by atoms with E-state index in [1.54, 1.807) is 31.2 Å². The number of benzene rings is 1. The third-order valence-corrected chi connectivity index (χ3v) is 3.04. The van der Waals surface area contributed by atoms with E-state index >= 15 is 0 Å². The molecule has 0 saturated heterocycles. The number of amides is 1. The van der Waals surface area contributed by atoms with Gasteiger partial charge in [-0.15, -0.1) is 0 Å². The molecule has 0 aliphatic rings. The average molecular weight is 331 g/mol. The Morgan fingerprint density at radius 2 is 1.87 bits per heavy atom. The molecule has 0 heterocycles. The van der Waals surface area contributed by atoms with E-state index in [0.29, 0.717) is 6.42 Å². The minimum Gasteiger partial charge on any atom is -0.542 e. The van der Waals surface area contributed by atoms with Gasteiger partial charge in [-0.2, -0.15) is 0 Å². The Kier molecular flexibility index (Phi) is 10.5. The van der Waals surface area contributed by atoms with Crippen LogP contribution in [-0.2, 0) is 20.9 Å². The van der Waals surface area contributed by atoms with Gasteiger partial charge in [0, 0.05) is 6.42 Å². The number of alkyl carbamates (subject to hydrolysis) is 1. The first-order chi connectivity index (χ1) is 10.4. The zero-order valence-electron chi connectivity index (χ0n) is 13.2. The summed E-state index contributed by atoms with van der Waals surface area (Å²) in [6.45, 7) is 1.74. The quantitative estimate of drug-likeness (QED) is 0.382.